The van der Waals surface area contributed by atoms with Gasteiger partial charge < -0.3 is 5.11 Å². The molecule has 0 radical (unpaired) electrons. The highest BCUT2D eigenvalue weighted by Gasteiger charge is 2.05. The fourth-order valence-electron chi connectivity index (χ4n) is 1.09. The van der Waals surface area contributed by atoms with E-state index in [1.807, 2.05) is 12.1 Å². The summed E-state index contributed by atoms with van der Waals surface area (Å²) in [5.74, 6) is 0.0734. The summed E-state index contributed by atoms with van der Waals surface area (Å²) in [5, 5.41) is 26.5. The minimum atomic E-state index is 0.0734. The molecule has 0 spiro atoms. The summed E-state index contributed by atoms with van der Waals surface area (Å²) in [6.45, 7) is 1.73. The van der Waals surface area contributed by atoms with Crippen LogP contribution in [0.5, 0.6) is 5.75 Å². The Morgan fingerprint density at radius 2 is 2.08 bits per heavy atom. The molecule has 3 nitrogen and oxygen atoms in total. The van der Waals surface area contributed by atoms with Crippen LogP contribution >= 0.6 is 0 Å². The van der Waals surface area contributed by atoms with Gasteiger partial charge in [0.15, 0.2) is 0 Å². The van der Waals surface area contributed by atoms with Crippen molar-refractivity contribution >= 4 is 0 Å². The second kappa shape index (κ2) is 3.60. The van der Waals surface area contributed by atoms with E-state index in [2.05, 4.69) is 0 Å². The van der Waals surface area contributed by atoms with Gasteiger partial charge in [-0.25, -0.2) is 0 Å². The van der Waals surface area contributed by atoms with Crippen molar-refractivity contribution in [3.05, 3.63) is 28.8 Å². The van der Waals surface area contributed by atoms with Crippen LogP contribution in [0.4, 0.5) is 0 Å². The maximum Gasteiger partial charge on any atom is 0.120 e. The molecule has 0 atom stereocenters. The van der Waals surface area contributed by atoms with Gasteiger partial charge >= 0.3 is 0 Å². The third kappa shape index (κ3) is 1.77. The number of phenolic OH excluding ortho intramolecular Hbond substituents is 1. The van der Waals surface area contributed by atoms with Crippen molar-refractivity contribution in [2.45, 2.75) is 13.3 Å². The number of hydrogen-bond acceptors (Lipinski definition) is 3. The molecule has 0 saturated carbocycles. The van der Waals surface area contributed by atoms with Crippen molar-refractivity contribution in [2.24, 2.45) is 0 Å². The number of aromatic hydroxyl groups is 1. The van der Waals surface area contributed by atoms with Crippen LogP contribution in [0.3, 0.4) is 0 Å². The lowest BCUT2D eigenvalue weighted by Crippen LogP contribution is -1.89. The fourth-order valence-corrected chi connectivity index (χ4v) is 1.09. The van der Waals surface area contributed by atoms with Crippen LogP contribution in [0.1, 0.15) is 16.7 Å². The maximum absolute atomic E-state index is 9.38. The molecule has 13 heavy (non-hydrogen) atoms. The molecule has 0 aliphatic heterocycles. The van der Waals surface area contributed by atoms with E-state index in [-0.39, 0.29) is 12.2 Å². The lowest BCUT2D eigenvalue weighted by molar-refractivity contribution is 0.470. The van der Waals surface area contributed by atoms with Gasteiger partial charge in [0.05, 0.1) is 24.1 Å². The van der Waals surface area contributed by atoms with Gasteiger partial charge in [-0.1, -0.05) is 0 Å². The first-order valence-corrected chi connectivity index (χ1v) is 3.78. The molecule has 1 aromatic carbocycles. The summed E-state index contributed by atoms with van der Waals surface area (Å²) in [4.78, 5) is 0. The zero-order valence-electron chi connectivity index (χ0n) is 7.20. The minimum absolute atomic E-state index is 0.0734. The summed E-state index contributed by atoms with van der Waals surface area (Å²) in [6, 6.07) is 6.93. The van der Waals surface area contributed by atoms with Crippen molar-refractivity contribution < 1.29 is 5.11 Å². The second-order valence-electron chi connectivity index (χ2n) is 2.73. The van der Waals surface area contributed by atoms with Gasteiger partial charge in [0.1, 0.15) is 5.75 Å². The van der Waals surface area contributed by atoms with Crippen LogP contribution < -0.4 is 0 Å². The van der Waals surface area contributed by atoms with Gasteiger partial charge in [0.2, 0.25) is 0 Å². The Morgan fingerprint density at radius 3 is 2.62 bits per heavy atom. The van der Waals surface area contributed by atoms with Gasteiger partial charge in [0, 0.05) is 0 Å². The summed E-state index contributed by atoms with van der Waals surface area (Å²) in [6.07, 6.45) is 0.217. The largest absolute Gasteiger partial charge is 0.508 e. The van der Waals surface area contributed by atoms with E-state index in [9.17, 15) is 5.11 Å². The van der Waals surface area contributed by atoms with Crippen molar-refractivity contribution in [2.75, 3.05) is 0 Å². The molecule has 64 valence electrons. The molecule has 0 aliphatic rings. The van der Waals surface area contributed by atoms with E-state index in [0.29, 0.717) is 16.7 Å². The standard InChI is InChI=1S/C10H8N2O/c1-7-9(2-3-11)4-8(6-12)5-10(7)13/h4-5,13H,2H2,1H3. The van der Waals surface area contributed by atoms with Gasteiger partial charge in [-0.3, -0.25) is 0 Å². The van der Waals surface area contributed by atoms with Gasteiger partial charge in [-0.05, 0) is 30.2 Å². The molecule has 1 N–H and O–H groups in total. The lowest BCUT2D eigenvalue weighted by atomic mass is 10.0. The first kappa shape index (κ1) is 9.09. The normalized spacial score (nSPS) is 8.85. The SMILES string of the molecule is Cc1c(O)cc(C#N)cc1CC#N. The average molecular weight is 172 g/mol. The Labute approximate surface area is 76.5 Å². The molecule has 0 aromatic heterocycles. The molecule has 1 aromatic rings. The molecule has 0 fully saturated rings. The molecule has 0 unspecified atom stereocenters. The van der Waals surface area contributed by atoms with Crippen molar-refractivity contribution in [3.63, 3.8) is 0 Å². The molecular formula is C10H8N2O. The van der Waals surface area contributed by atoms with E-state index in [0.717, 1.165) is 0 Å². The van der Waals surface area contributed by atoms with E-state index in [1.54, 1.807) is 13.0 Å². The van der Waals surface area contributed by atoms with E-state index < -0.39 is 0 Å². The van der Waals surface area contributed by atoms with Crippen LogP contribution in [0.2, 0.25) is 0 Å². The highest BCUT2D eigenvalue weighted by atomic mass is 16.3. The Balaban J connectivity index is 3.28. The molecule has 0 amide bonds. The highest BCUT2D eigenvalue weighted by Crippen LogP contribution is 2.22. The van der Waals surface area contributed by atoms with Crippen LogP contribution in [0, 0.1) is 29.6 Å². The zero-order valence-corrected chi connectivity index (χ0v) is 7.20. The second-order valence-corrected chi connectivity index (χ2v) is 2.73. The molecule has 0 aliphatic carbocycles. The average Bonchev–Trinajstić information content (AvgIpc) is 2.13. The fraction of sp³-hybridized carbons (Fsp3) is 0.200. The first-order valence-electron chi connectivity index (χ1n) is 3.78. The number of benzene rings is 1. The lowest BCUT2D eigenvalue weighted by Gasteiger charge is -2.04. The van der Waals surface area contributed by atoms with Gasteiger partial charge in [0.25, 0.3) is 0 Å². The zero-order chi connectivity index (χ0) is 9.84. The molecule has 0 heterocycles. The minimum Gasteiger partial charge on any atom is -0.508 e. The highest BCUT2D eigenvalue weighted by molar-refractivity contribution is 5.47. The monoisotopic (exact) mass is 172 g/mol. The maximum atomic E-state index is 9.38. The van der Waals surface area contributed by atoms with Crippen molar-refractivity contribution in [3.8, 4) is 17.9 Å². The van der Waals surface area contributed by atoms with Gasteiger partial charge in [-0.15, -0.1) is 0 Å². The summed E-state index contributed by atoms with van der Waals surface area (Å²) >= 11 is 0. The number of rotatable bonds is 1. The first-order chi connectivity index (χ1) is 6.19. The Kier molecular flexibility index (Phi) is 2.52. The van der Waals surface area contributed by atoms with Gasteiger partial charge in [-0.2, -0.15) is 10.5 Å². The van der Waals surface area contributed by atoms with E-state index >= 15 is 0 Å². The Bertz CT molecular complexity index is 410. The Hall–Kier alpha value is -2.00. The van der Waals surface area contributed by atoms with E-state index in [4.69, 9.17) is 10.5 Å². The third-order valence-electron chi connectivity index (χ3n) is 1.89. The smallest absolute Gasteiger partial charge is 0.120 e. The summed E-state index contributed by atoms with van der Waals surface area (Å²) < 4.78 is 0. The molecular weight excluding hydrogens is 164 g/mol. The number of hydrogen-bond donors (Lipinski definition) is 1. The predicted molar refractivity (Wildman–Crippen MR) is 46.9 cm³/mol. The predicted octanol–water partition coefficient (Wildman–Crippen LogP) is 1.64. The molecule has 1 rings (SSSR count). The quantitative estimate of drug-likeness (QED) is 0.700. The molecule has 3 heteroatoms. The van der Waals surface area contributed by atoms with Crippen LogP contribution in [0.25, 0.3) is 0 Å². The van der Waals surface area contributed by atoms with Crippen LogP contribution in [-0.4, -0.2) is 5.11 Å². The third-order valence-corrected chi connectivity index (χ3v) is 1.89. The number of phenols is 1. The summed E-state index contributed by atoms with van der Waals surface area (Å²) in [7, 11) is 0. The van der Waals surface area contributed by atoms with E-state index in [1.165, 1.54) is 6.07 Å². The van der Waals surface area contributed by atoms with Crippen molar-refractivity contribution in [1.82, 2.24) is 0 Å². The topological polar surface area (TPSA) is 67.8 Å². The van der Waals surface area contributed by atoms with Crippen LogP contribution in [-0.2, 0) is 6.42 Å². The molecule has 0 saturated heterocycles. The van der Waals surface area contributed by atoms with Crippen LogP contribution in [0.15, 0.2) is 12.1 Å². The number of nitriles is 2. The van der Waals surface area contributed by atoms with Crippen molar-refractivity contribution in [1.29, 1.82) is 10.5 Å². The number of nitrogens with zero attached hydrogens (tertiary/aromatic N) is 2. The Morgan fingerprint density at radius 1 is 1.38 bits per heavy atom. The molecule has 0 bridgehead atoms. The summed E-state index contributed by atoms with van der Waals surface area (Å²) in [5.41, 5.74) is 1.76.